The summed E-state index contributed by atoms with van der Waals surface area (Å²) in [5.74, 6) is 5.42. The molecular weight excluding hydrogens is 188 g/mol. The van der Waals surface area contributed by atoms with E-state index in [0.717, 1.165) is 19.3 Å². The second-order valence-electron chi connectivity index (χ2n) is 4.29. The van der Waals surface area contributed by atoms with Crippen LogP contribution in [0.3, 0.4) is 0 Å². The Morgan fingerprint density at radius 1 is 1.40 bits per heavy atom. The highest BCUT2D eigenvalue weighted by molar-refractivity contribution is 5.82. The Hall–Kier alpha value is -1.23. The van der Waals surface area contributed by atoms with Crippen LogP contribution in [0.15, 0.2) is 12.2 Å². The van der Waals surface area contributed by atoms with E-state index < -0.39 is 5.60 Å². The molecule has 15 heavy (non-hydrogen) atoms. The first kappa shape index (κ1) is 13.8. The summed E-state index contributed by atoms with van der Waals surface area (Å²) in [4.78, 5) is 11.2. The van der Waals surface area contributed by atoms with Gasteiger partial charge in [0.25, 0.3) is 0 Å². The van der Waals surface area contributed by atoms with Crippen LogP contribution in [0.4, 0.5) is 0 Å². The van der Waals surface area contributed by atoms with Gasteiger partial charge in [-0.2, -0.15) is 0 Å². The van der Waals surface area contributed by atoms with Crippen LogP contribution in [0.25, 0.3) is 0 Å². The quantitative estimate of drug-likeness (QED) is 0.308. The van der Waals surface area contributed by atoms with Crippen molar-refractivity contribution >= 4 is 5.97 Å². The largest absolute Gasteiger partial charge is 0.457 e. The molecule has 2 nitrogen and oxygen atoms in total. The molecule has 0 aromatic heterocycles. The van der Waals surface area contributed by atoms with Crippen LogP contribution in [0.1, 0.15) is 47.0 Å². The molecule has 0 spiro atoms. The van der Waals surface area contributed by atoms with Crippen molar-refractivity contribution in [3.63, 3.8) is 0 Å². The minimum Gasteiger partial charge on any atom is -0.457 e. The van der Waals surface area contributed by atoms with Gasteiger partial charge in [-0.1, -0.05) is 25.2 Å². The van der Waals surface area contributed by atoms with E-state index >= 15 is 0 Å². The van der Waals surface area contributed by atoms with Gasteiger partial charge in [0.05, 0.1) is 0 Å². The zero-order valence-corrected chi connectivity index (χ0v) is 10.1. The third kappa shape index (κ3) is 10.7. The van der Waals surface area contributed by atoms with Crippen molar-refractivity contribution < 1.29 is 9.53 Å². The van der Waals surface area contributed by atoms with E-state index in [0.29, 0.717) is 0 Å². The molecule has 0 fully saturated rings. The number of unbranched alkanes of at least 4 members (excludes halogenated alkanes) is 2. The fourth-order valence-electron chi connectivity index (χ4n) is 0.842. The average molecular weight is 208 g/mol. The highest BCUT2D eigenvalue weighted by atomic mass is 16.6. The molecule has 0 aliphatic heterocycles. The maximum atomic E-state index is 11.2. The van der Waals surface area contributed by atoms with Gasteiger partial charge >= 0.3 is 5.97 Å². The van der Waals surface area contributed by atoms with Crippen molar-refractivity contribution in [2.75, 3.05) is 0 Å². The summed E-state index contributed by atoms with van der Waals surface area (Å²) < 4.78 is 5.07. The molecule has 2 heteroatoms. The maximum Gasteiger partial charge on any atom is 0.331 e. The Kier molecular flexibility index (Phi) is 6.53. The number of carbonyl (C=O) groups excluding carboxylic acids is 1. The molecule has 0 saturated heterocycles. The SMILES string of the molecule is CCCCC#C/C=C/C(=O)OC(C)(C)C. The standard InChI is InChI=1S/C13H20O2/c1-5-6-7-8-9-10-11-12(14)15-13(2,3)4/h10-11H,5-7H2,1-4H3/b11-10+. The summed E-state index contributed by atoms with van der Waals surface area (Å²) in [6.45, 7) is 7.64. The van der Waals surface area contributed by atoms with Crippen molar-refractivity contribution in [1.82, 2.24) is 0 Å². The van der Waals surface area contributed by atoms with Gasteiger partial charge in [-0.3, -0.25) is 0 Å². The zero-order valence-electron chi connectivity index (χ0n) is 10.1. The summed E-state index contributed by atoms with van der Waals surface area (Å²) in [5, 5.41) is 0. The summed E-state index contributed by atoms with van der Waals surface area (Å²) in [6.07, 6.45) is 6.04. The van der Waals surface area contributed by atoms with Crippen molar-refractivity contribution in [1.29, 1.82) is 0 Å². The second kappa shape index (κ2) is 7.11. The summed E-state index contributed by atoms with van der Waals surface area (Å²) in [5.41, 5.74) is -0.433. The molecule has 0 bridgehead atoms. The van der Waals surface area contributed by atoms with Gasteiger partial charge in [0.15, 0.2) is 0 Å². The molecular formula is C13H20O2. The molecule has 0 N–H and O–H groups in total. The molecule has 0 saturated carbocycles. The molecule has 0 aromatic carbocycles. The molecule has 0 aromatic rings. The summed E-state index contributed by atoms with van der Waals surface area (Å²) in [7, 11) is 0. The van der Waals surface area contributed by atoms with Crippen LogP contribution in [-0.4, -0.2) is 11.6 Å². The molecule has 84 valence electrons. The molecule has 0 heterocycles. The highest BCUT2D eigenvalue weighted by Gasteiger charge is 2.13. The molecule has 0 rings (SSSR count). The second-order valence-corrected chi connectivity index (χ2v) is 4.29. The molecule has 0 amide bonds. The lowest BCUT2D eigenvalue weighted by atomic mass is 10.2. The first-order chi connectivity index (χ1) is 6.95. The monoisotopic (exact) mass is 208 g/mol. The third-order valence-electron chi connectivity index (χ3n) is 1.47. The fraction of sp³-hybridized carbons (Fsp3) is 0.615. The van der Waals surface area contributed by atoms with Crippen LogP contribution < -0.4 is 0 Å². The summed E-state index contributed by atoms with van der Waals surface area (Å²) >= 11 is 0. The first-order valence-corrected chi connectivity index (χ1v) is 5.33. The number of hydrogen-bond donors (Lipinski definition) is 0. The summed E-state index contributed by atoms with van der Waals surface area (Å²) in [6, 6.07) is 0. The number of carbonyl (C=O) groups is 1. The van der Waals surface area contributed by atoms with Gasteiger partial charge in [-0.25, -0.2) is 4.79 Å². The van der Waals surface area contributed by atoms with Gasteiger partial charge in [0, 0.05) is 12.5 Å². The predicted molar refractivity (Wildman–Crippen MR) is 62.3 cm³/mol. The lowest BCUT2D eigenvalue weighted by molar-refractivity contribution is -0.148. The zero-order chi connectivity index (χ0) is 11.7. The maximum absolute atomic E-state index is 11.2. The molecule has 0 radical (unpaired) electrons. The van der Waals surface area contributed by atoms with Crippen LogP contribution in [0, 0.1) is 11.8 Å². The number of rotatable bonds is 3. The Labute approximate surface area is 92.7 Å². The predicted octanol–water partition coefficient (Wildman–Crippen LogP) is 3.08. The number of ether oxygens (including phenoxy) is 1. The minimum absolute atomic E-state index is 0.340. The first-order valence-electron chi connectivity index (χ1n) is 5.33. The van der Waals surface area contributed by atoms with Crippen molar-refractivity contribution in [2.45, 2.75) is 52.6 Å². The highest BCUT2D eigenvalue weighted by Crippen LogP contribution is 2.06. The lowest BCUT2D eigenvalue weighted by Crippen LogP contribution is -2.22. The van der Waals surface area contributed by atoms with Crippen molar-refractivity contribution in [3.05, 3.63) is 12.2 Å². The smallest absolute Gasteiger partial charge is 0.331 e. The topological polar surface area (TPSA) is 26.3 Å². The molecule has 0 aliphatic carbocycles. The number of esters is 1. The Bertz CT molecular complexity index is 271. The Morgan fingerprint density at radius 2 is 2.07 bits per heavy atom. The normalized spacial score (nSPS) is 10.9. The van der Waals surface area contributed by atoms with E-state index in [1.807, 2.05) is 20.8 Å². The van der Waals surface area contributed by atoms with Crippen molar-refractivity contribution in [3.8, 4) is 11.8 Å². The van der Waals surface area contributed by atoms with Gasteiger partial charge in [0.2, 0.25) is 0 Å². The van der Waals surface area contributed by atoms with Crippen LogP contribution in [0.5, 0.6) is 0 Å². The van der Waals surface area contributed by atoms with Gasteiger partial charge in [-0.05, 0) is 33.3 Å². The van der Waals surface area contributed by atoms with E-state index in [1.54, 1.807) is 6.08 Å². The van der Waals surface area contributed by atoms with E-state index in [4.69, 9.17) is 4.74 Å². The van der Waals surface area contributed by atoms with Gasteiger partial charge in [-0.15, -0.1) is 0 Å². The lowest BCUT2D eigenvalue weighted by Gasteiger charge is -2.17. The number of allylic oxidation sites excluding steroid dienone is 1. The van der Waals surface area contributed by atoms with Gasteiger partial charge in [0.1, 0.15) is 5.60 Å². The number of hydrogen-bond acceptors (Lipinski definition) is 2. The fourth-order valence-corrected chi connectivity index (χ4v) is 0.842. The van der Waals surface area contributed by atoms with E-state index in [2.05, 4.69) is 18.8 Å². The van der Waals surface area contributed by atoms with E-state index in [1.165, 1.54) is 6.08 Å². The Morgan fingerprint density at radius 3 is 2.60 bits per heavy atom. The van der Waals surface area contributed by atoms with Crippen LogP contribution in [-0.2, 0) is 9.53 Å². The van der Waals surface area contributed by atoms with Gasteiger partial charge < -0.3 is 4.74 Å². The van der Waals surface area contributed by atoms with E-state index in [9.17, 15) is 4.79 Å². The molecule has 0 unspecified atom stereocenters. The minimum atomic E-state index is -0.433. The Balaban J connectivity index is 3.85. The van der Waals surface area contributed by atoms with Crippen LogP contribution in [0.2, 0.25) is 0 Å². The average Bonchev–Trinajstić information content (AvgIpc) is 2.08. The molecule has 0 atom stereocenters. The van der Waals surface area contributed by atoms with E-state index in [-0.39, 0.29) is 5.97 Å². The van der Waals surface area contributed by atoms with Crippen molar-refractivity contribution in [2.24, 2.45) is 0 Å². The molecule has 0 aliphatic rings. The third-order valence-corrected chi connectivity index (χ3v) is 1.47. The van der Waals surface area contributed by atoms with Crippen LogP contribution >= 0.6 is 0 Å².